The molecule has 0 aliphatic carbocycles. The smallest absolute Gasteiger partial charge is 0.143 e. The van der Waals surface area contributed by atoms with E-state index in [0.29, 0.717) is 5.75 Å². The molecule has 102 valence electrons. The molecule has 3 aromatic rings. The van der Waals surface area contributed by atoms with Gasteiger partial charge in [-0.15, -0.1) is 22.0 Å². The number of benzene rings is 2. The summed E-state index contributed by atoms with van der Waals surface area (Å²) in [5.41, 5.74) is 0. The third-order valence-corrected chi connectivity index (χ3v) is 4.47. The Bertz CT molecular complexity index is 767. The third kappa shape index (κ3) is 2.25. The third-order valence-electron chi connectivity index (χ3n) is 3.40. The number of phenolic OH excluding ortho intramolecular Hbond substituents is 1. The molecule has 0 spiro atoms. The van der Waals surface area contributed by atoms with Crippen molar-refractivity contribution in [3.63, 3.8) is 0 Å². The van der Waals surface area contributed by atoms with Crippen molar-refractivity contribution in [3.8, 4) is 5.75 Å². The van der Waals surface area contributed by atoms with Gasteiger partial charge >= 0.3 is 0 Å². The molecule has 0 unspecified atom stereocenters. The molecule has 0 radical (unpaired) electrons. The minimum absolute atomic E-state index is 0.319. The highest BCUT2D eigenvalue weighted by Crippen LogP contribution is 2.34. The minimum atomic E-state index is 0.319. The molecule has 1 N–H and O–H groups in total. The Morgan fingerprint density at radius 1 is 1.10 bits per heavy atom. The molecule has 0 aliphatic heterocycles. The second-order valence-corrected chi connectivity index (χ2v) is 5.66. The van der Waals surface area contributed by atoms with Crippen LogP contribution in [0.25, 0.3) is 10.8 Å². The van der Waals surface area contributed by atoms with Crippen LogP contribution in [0, 0.1) is 6.92 Å². The highest BCUT2D eigenvalue weighted by atomic mass is 32.2. The van der Waals surface area contributed by atoms with Crippen molar-refractivity contribution in [2.45, 2.75) is 17.6 Å². The maximum absolute atomic E-state index is 9.89. The van der Waals surface area contributed by atoms with Gasteiger partial charge < -0.3 is 9.67 Å². The highest BCUT2D eigenvalue weighted by molar-refractivity contribution is 7.98. The lowest BCUT2D eigenvalue weighted by Gasteiger charge is -2.07. The second kappa shape index (κ2) is 5.17. The number of thioether (sulfide) groups is 1. The van der Waals surface area contributed by atoms with E-state index in [4.69, 9.17) is 0 Å². The molecule has 1 heterocycles. The summed E-state index contributed by atoms with van der Waals surface area (Å²) in [6.45, 7) is 1.94. The number of aromatic nitrogens is 3. The van der Waals surface area contributed by atoms with Crippen LogP contribution < -0.4 is 0 Å². The number of aromatic hydroxyl groups is 1. The normalized spacial score (nSPS) is 11.1. The molecule has 0 amide bonds. The summed E-state index contributed by atoms with van der Waals surface area (Å²) in [6, 6.07) is 11.6. The van der Waals surface area contributed by atoms with E-state index in [1.807, 2.05) is 48.9 Å². The molecule has 0 bridgehead atoms. The fourth-order valence-corrected chi connectivity index (χ4v) is 3.13. The monoisotopic (exact) mass is 285 g/mol. The fourth-order valence-electron chi connectivity index (χ4n) is 2.10. The molecule has 0 aliphatic rings. The van der Waals surface area contributed by atoms with E-state index in [0.717, 1.165) is 33.1 Å². The van der Waals surface area contributed by atoms with Crippen LogP contribution in [0.5, 0.6) is 5.75 Å². The van der Waals surface area contributed by atoms with Gasteiger partial charge in [0.25, 0.3) is 0 Å². The first kappa shape index (κ1) is 13.0. The maximum Gasteiger partial charge on any atom is 0.143 e. The number of hydrogen-bond acceptors (Lipinski definition) is 4. The average molecular weight is 285 g/mol. The van der Waals surface area contributed by atoms with E-state index in [-0.39, 0.29) is 0 Å². The predicted molar refractivity (Wildman–Crippen MR) is 80.9 cm³/mol. The topological polar surface area (TPSA) is 50.9 Å². The van der Waals surface area contributed by atoms with Crippen LogP contribution >= 0.6 is 11.8 Å². The number of rotatable bonds is 3. The van der Waals surface area contributed by atoms with Gasteiger partial charge in [0.15, 0.2) is 0 Å². The van der Waals surface area contributed by atoms with Crippen LogP contribution in [0.2, 0.25) is 0 Å². The lowest BCUT2D eigenvalue weighted by molar-refractivity contribution is 0.481. The summed E-state index contributed by atoms with van der Waals surface area (Å²) in [5.74, 6) is 2.94. The summed E-state index contributed by atoms with van der Waals surface area (Å²) >= 11 is 1.70. The van der Waals surface area contributed by atoms with Gasteiger partial charge in [-0.25, -0.2) is 0 Å². The van der Waals surface area contributed by atoms with Crippen LogP contribution in [-0.4, -0.2) is 19.9 Å². The summed E-state index contributed by atoms with van der Waals surface area (Å²) in [6.07, 6.45) is 0. The molecule has 20 heavy (non-hydrogen) atoms. The van der Waals surface area contributed by atoms with Gasteiger partial charge in [0.05, 0.1) is 5.75 Å². The van der Waals surface area contributed by atoms with E-state index in [9.17, 15) is 5.11 Å². The Morgan fingerprint density at radius 3 is 2.55 bits per heavy atom. The Kier molecular flexibility index (Phi) is 3.36. The largest absolute Gasteiger partial charge is 0.507 e. The first-order chi connectivity index (χ1) is 9.66. The van der Waals surface area contributed by atoms with Gasteiger partial charge in [-0.05, 0) is 24.4 Å². The molecule has 1 aromatic heterocycles. The number of hydrogen-bond donors (Lipinski definition) is 1. The zero-order valence-electron chi connectivity index (χ0n) is 11.4. The summed E-state index contributed by atoms with van der Waals surface area (Å²) < 4.78 is 2.00. The quantitative estimate of drug-likeness (QED) is 0.750. The van der Waals surface area contributed by atoms with Crippen LogP contribution in [-0.2, 0) is 12.8 Å². The minimum Gasteiger partial charge on any atom is -0.507 e. The molecular weight excluding hydrogens is 270 g/mol. The van der Waals surface area contributed by atoms with Crippen molar-refractivity contribution >= 4 is 22.5 Å². The van der Waals surface area contributed by atoms with E-state index >= 15 is 0 Å². The molecule has 2 aromatic carbocycles. The van der Waals surface area contributed by atoms with Crippen LogP contribution in [0.3, 0.4) is 0 Å². The number of phenols is 1. The van der Waals surface area contributed by atoms with Crippen molar-refractivity contribution in [1.82, 2.24) is 14.8 Å². The first-order valence-corrected chi connectivity index (χ1v) is 7.34. The number of fused-ring (bicyclic) bond motifs is 1. The van der Waals surface area contributed by atoms with Crippen molar-refractivity contribution in [3.05, 3.63) is 48.0 Å². The Hall–Kier alpha value is -2.01. The number of aryl methyl sites for hydroxylation is 1. The summed E-state index contributed by atoms with van der Waals surface area (Å²) in [7, 11) is 1.97. The Morgan fingerprint density at radius 2 is 1.85 bits per heavy atom. The second-order valence-electron chi connectivity index (χ2n) is 4.64. The zero-order valence-corrected chi connectivity index (χ0v) is 12.2. The molecule has 5 heteroatoms. The Labute approximate surface area is 121 Å². The first-order valence-electron chi connectivity index (χ1n) is 6.35. The molecule has 0 saturated heterocycles. The zero-order chi connectivity index (χ0) is 14.1. The van der Waals surface area contributed by atoms with Crippen molar-refractivity contribution in [2.24, 2.45) is 7.05 Å². The SMILES string of the molecule is Cc1nnc(CSc2ccc(O)c3ccccc23)n1C. The van der Waals surface area contributed by atoms with Gasteiger partial charge in [-0.1, -0.05) is 24.3 Å². The van der Waals surface area contributed by atoms with Gasteiger partial charge in [-0.3, -0.25) is 0 Å². The predicted octanol–water partition coefficient (Wildman–Crippen LogP) is 3.27. The molecule has 0 saturated carbocycles. The summed E-state index contributed by atoms with van der Waals surface area (Å²) in [5, 5.41) is 20.1. The van der Waals surface area contributed by atoms with E-state index in [2.05, 4.69) is 10.2 Å². The van der Waals surface area contributed by atoms with E-state index in [1.165, 1.54) is 0 Å². The highest BCUT2D eigenvalue weighted by Gasteiger charge is 2.09. The summed E-state index contributed by atoms with van der Waals surface area (Å²) in [4.78, 5) is 1.14. The number of nitrogens with zero attached hydrogens (tertiary/aromatic N) is 3. The molecular formula is C15H15N3OS. The van der Waals surface area contributed by atoms with Crippen LogP contribution in [0.1, 0.15) is 11.6 Å². The molecule has 0 atom stereocenters. The van der Waals surface area contributed by atoms with Gasteiger partial charge in [-0.2, -0.15) is 0 Å². The molecule has 4 nitrogen and oxygen atoms in total. The van der Waals surface area contributed by atoms with Gasteiger partial charge in [0.2, 0.25) is 0 Å². The maximum atomic E-state index is 9.89. The Balaban J connectivity index is 1.92. The standard InChI is InChI=1S/C15H15N3OS/c1-10-16-17-15(18(10)2)9-20-14-8-7-13(19)11-5-3-4-6-12(11)14/h3-8,19H,9H2,1-2H3. The molecule has 3 rings (SSSR count). The average Bonchev–Trinajstić information content (AvgIpc) is 2.79. The van der Waals surface area contributed by atoms with E-state index in [1.54, 1.807) is 17.8 Å². The van der Waals surface area contributed by atoms with Gasteiger partial charge in [0.1, 0.15) is 17.4 Å². The van der Waals surface area contributed by atoms with E-state index < -0.39 is 0 Å². The van der Waals surface area contributed by atoms with Gasteiger partial charge in [0, 0.05) is 17.3 Å². The molecule has 0 fully saturated rings. The van der Waals surface area contributed by atoms with Crippen LogP contribution in [0.4, 0.5) is 0 Å². The lowest BCUT2D eigenvalue weighted by Crippen LogP contribution is -1.97. The fraction of sp³-hybridized carbons (Fsp3) is 0.200. The van der Waals surface area contributed by atoms with Crippen LogP contribution in [0.15, 0.2) is 41.3 Å². The van der Waals surface area contributed by atoms with Crippen molar-refractivity contribution in [2.75, 3.05) is 0 Å². The lowest BCUT2D eigenvalue weighted by atomic mass is 10.1. The van der Waals surface area contributed by atoms with Crippen molar-refractivity contribution in [1.29, 1.82) is 0 Å². The van der Waals surface area contributed by atoms with Crippen molar-refractivity contribution < 1.29 is 5.11 Å².